The molecule has 16 heavy (non-hydrogen) atoms. The third kappa shape index (κ3) is 3.31. The van der Waals surface area contributed by atoms with Gasteiger partial charge in [-0.1, -0.05) is 19.1 Å². The lowest BCUT2D eigenvalue weighted by Gasteiger charge is -2.10. The van der Waals surface area contributed by atoms with Crippen LogP contribution in [-0.4, -0.2) is 12.5 Å². The SMILES string of the molecule is Cc1cc(CNC(=O)C(C)CN)ccc1F. The number of halogens is 1. The van der Waals surface area contributed by atoms with Gasteiger partial charge in [-0.15, -0.1) is 0 Å². The molecule has 0 aliphatic carbocycles. The molecule has 1 rings (SSSR count). The Bertz CT molecular complexity index is 379. The highest BCUT2D eigenvalue weighted by atomic mass is 19.1. The maximum atomic E-state index is 13.0. The van der Waals surface area contributed by atoms with Crippen molar-refractivity contribution in [1.29, 1.82) is 0 Å². The van der Waals surface area contributed by atoms with E-state index in [0.717, 1.165) is 5.56 Å². The van der Waals surface area contributed by atoms with E-state index in [2.05, 4.69) is 5.32 Å². The van der Waals surface area contributed by atoms with Crippen LogP contribution < -0.4 is 11.1 Å². The molecule has 1 aromatic carbocycles. The van der Waals surface area contributed by atoms with Gasteiger partial charge in [0.1, 0.15) is 5.82 Å². The predicted octanol–water partition coefficient (Wildman–Crippen LogP) is 1.35. The Balaban J connectivity index is 2.55. The molecular weight excluding hydrogens is 207 g/mol. The number of hydrogen-bond donors (Lipinski definition) is 2. The summed E-state index contributed by atoms with van der Waals surface area (Å²) in [7, 11) is 0. The van der Waals surface area contributed by atoms with Crippen LogP contribution in [0.3, 0.4) is 0 Å². The fourth-order valence-electron chi connectivity index (χ4n) is 1.29. The van der Waals surface area contributed by atoms with E-state index >= 15 is 0 Å². The zero-order valence-electron chi connectivity index (χ0n) is 9.59. The maximum Gasteiger partial charge on any atom is 0.224 e. The molecule has 0 fully saturated rings. The van der Waals surface area contributed by atoms with Crippen LogP contribution in [0.4, 0.5) is 4.39 Å². The van der Waals surface area contributed by atoms with E-state index in [-0.39, 0.29) is 17.6 Å². The van der Waals surface area contributed by atoms with Crippen LogP contribution in [-0.2, 0) is 11.3 Å². The number of carbonyl (C=O) groups excluding carboxylic acids is 1. The molecule has 1 unspecified atom stereocenters. The topological polar surface area (TPSA) is 55.1 Å². The molecule has 4 heteroatoms. The fourth-order valence-corrected chi connectivity index (χ4v) is 1.29. The highest BCUT2D eigenvalue weighted by Gasteiger charge is 2.09. The zero-order chi connectivity index (χ0) is 12.1. The molecule has 0 aliphatic heterocycles. The summed E-state index contributed by atoms with van der Waals surface area (Å²) in [5, 5.41) is 2.75. The molecule has 3 nitrogen and oxygen atoms in total. The third-order valence-electron chi connectivity index (χ3n) is 2.49. The zero-order valence-corrected chi connectivity index (χ0v) is 9.59. The molecule has 0 radical (unpaired) electrons. The minimum absolute atomic E-state index is 0.0792. The van der Waals surface area contributed by atoms with Crippen LogP contribution in [0.5, 0.6) is 0 Å². The summed E-state index contributed by atoms with van der Waals surface area (Å²) in [6, 6.07) is 4.79. The first kappa shape index (κ1) is 12.6. The van der Waals surface area contributed by atoms with Crippen LogP contribution in [0.25, 0.3) is 0 Å². The first-order valence-corrected chi connectivity index (χ1v) is 5.27. The van der Waals surface area contributed by atoms with E-state index in [1.54, 1.807) is 26.0 Å². The fraction of sp³-hybridized carbons (Fsp3) is 0.417. The Morgan fingerprint density at radius 3 is 2.81 bits per heavy atom. The van der Waals surface area contributed by atoms with E-state index in [9.17, 15) is 9.18 Å². The van der Waals surface area contributed by atoms with Crippen molar-refractivity contribution in [3.8, 4) is 0 Å². The number of rotatable bonds is 4. The summed E-state index contributed by atoms with van der Waals surface area (Å²) in [4.78, 5) is 11.4. The lowest BCUT2D eigenvalue weighted by atomic mass is 10.1. The Morgan fingerprint density at radius 1 is 1.56 bits per heavy atom. The van der Waals surface area contributed by atoms with Gasteiger partial charge in [0.05, 0.1) is 0 Å². The molecule has 0 heterocycles. The smallest absolute Gasteiger partial charge is 0.224 e. The Morgan fingerprint density at radius 2 is 2.25 bits per heavy atom. The van der Waals surface area contributed by atoms with Crippen LogP contribution in [0.2, 0.25) is 0 Å². The number of aryl methyl sites for hydroxylation is 1. The first-order valence-electron chi connectivity index (χ1n) is 5.27. The summed E-state index contributed by atoms with van der Waals surface area (Å²) in [6.45, 7) is 4.20. The summed E-state index contributed by atoms with van der Waals surface area (Å²) < 4.78 is 13.0. The van der Waals surface area contributed by atoms with E-state index in [1.807, 2.05) is 0 Å². The second-order valence-electron chi connectivity index (χ2n) is 3.94. The van der Waals surface area contributed by atoms with Gasteiger partial charge in [0.25, 0.3) is 0 Å². The van der Waals surface area contributed by atoms with Crippen molar-refractivity contribution in [3.05, 3.63) is 35.1 Å². The van der Waals surface area contributed by atoms with Gasteiger partial charge < -0.3 is 11.1 Å². The van der Waals surface area contributed by atoms with Gasteiger partial charge in [0, 0.05) is 19.0 Å². The Labute approximate surface area is 94.8 Å². The number of nitrogens with one attached hydrogen (secondary N) is 1. The van der Waals surface area contributed by atoms with Crippen LogP contribution in [0, 0.1) is 18.7 Å². The quantitative estimate of drug-likeness (QED) is 0.811. The molecule has 0 saturated carbocycles. The third-order valence-corrected chi connectivity index (χ3v) is 2.49. The lowest BCUT2D eigenvalue weighted by Crippen LogP contribution is -2.32. The Kier molecular flexibility index (Phi) is 4.43. The number of benzene rings is 1. The van der Waals surface area contributed by atoms with Crippen LogP contribution >= 0.6 is 0 Å². The summed E-state index contributed by atoms with van der Waals surface area (Å²) >= 11 is 0. The summed E-state index contributed by atoms with van der Waals surface area (Å²) in [5.74, 6) is -0.503. The van der Waals surface area contributed by atoms with Gasteiger partial charge >= 0.3 is 0 Å². The number of nitrogens with two attached hydrogens (primary N) is 1. The first-order chi connectivity index (χ1) is 7.54. The highest BCUT2D eigenvalue weighted by Crippen LogP contribution is 2.09. The summed E-state index contributed by atoms with van der Waals surface area (Å²) in [6.07, 6.45) is 0. The molecule has 0 bridgehead atoms. The molecule has 3 N–H and O–H groups in total. The highest BCUT2D eigenvalue weighted by molar-refractivity contribution is 5.78. The van der Waals surface area contributed by atoms with E-state index in [1.165, 1.54) is 6.07 Å². The van der Waals surface area contributed by atoms with Gasteiger partial charge in [-0.05, 0) is 24.1 Å². The van der Waals surface area contributed by atoms with E-state index in [4.69, 9.17) is 5.73 Å². The van der Waals surface area contributed by atoms with E-state index < -0.39 is 0 Å². The van der Waals surface area contributed by atoms with Gasteiger partial charge in [-0.25, -0.2) is 4.39 Å². The number of hydrogen-bond acceptors (Lipinski definition) is 2. The molecule has 0 spiro atoms. The average Bonchev–Trinajstić information content (AvgIpc) is 2.29. The largest absolute Gasteiger partial charge is 0.352 e. The van der Waals surface area contributed by atoms with Gasteiger partial charge in [-0.3, -0.25) is 4.79 Å². The molecule has 0 aliphatic rings. The average molecular weight is 224 g/mol. The molecule has 88 valence electrons. The summed E-state index contributed by atoms with van der Waals surface area (Å²) in [5.41, 5.74) is 6.84. The number of amides is 1. The van der Waals surface area contributed by atoms with Crippen LogP contribution in [0.15, 0.2) is 18.2 Å². The molecule has 0 aromatic heterocycles. The molecule has 0 saturated heterocycles. The molecular formula is C12H17FN2O. The second kappa shape index (κ2) is 5.61. The predicted molar refractivity (Wildman–Crippen MR) is 61.2 cm³/mol. The maximum absolute atomic E-state index is 13.0. The standard InChI is InChI=1S/C12H17FN2O/c1-8-5-10(3-4-11(8)13)7-15-12(16)9(2)6-14/h3-5,9H,6-7,14H2,1-2H3,(H,15,16). The monoisotopic (exact) mass is 224 g/mol. The van der Waals surface area contributed by atoms with Crippen molar-refractivity contribution < 1.29 is 9.18 Å². The minimum atomic E-state index is -0.231. The second-order valence-corrected chi connectivity index (χ2v) is 3.94. The van der Waals surface area contributed by atoms with Crippen molar-refractivity contribution in [2.45, 2.75) is 20.4 Å². The van der Waals surface area contributed by atoms with Crippen molar-refractivity contribution >= 4 is 5.91 Å². The molecule has 1 atom stereocenters. The van der Waals surface area contributed by atoms with Gasteiger partial charge in [0.2, 0.25) is 5.91 Å². The number of carbonyl (C=O) groups is 1. The normalized spacial score (nSPS) is 12.2. The van der Waals surface area contributed by atoms with Gasteiger partial charge in [-0.2, -0.15) is 0 Å². The van der Waals surface area contributed by atoms with Crippen molar-refractivity contribution in [2.75, 3.05) is 6.54 Å². The van der Waals surface area contributed by atoms with Gasteiger partial charge in [0.15, 0.2) is 0 Å². The lowest BCUT2D eigenvalue weighted by molar-refractivity contribution is -0.124. The molecule has 1 aromatic rings. The minimum Gasteiger partial charge on any atom is -0.352 e. The van der Waals surface area contributed by atoms with Crippen molar-refractivity contribution in [1.82, 2.24) is 5.32 Å². The molecule has 1 amide bonds. The van der Waals surface area contributed by atoms with Crippen molar-refractivity contribution in [2.24, 2.45) is 11.7 Å². The Hall–Kier alpha value is -1.42. The van der Waals surface area contributed by atoms with Crippen molar-refractivity contribution in [3.63, 3.8) is 0 Å². The van der Waals surface area contributed by atoms with E-state index in [0.29, 0.717) is 18.7 Å². The van der Waals surface area contributed by atoms with Crippen LogP contribution in [0.1, 0.15) is 18.1 Å².